The molecule has 1 fully saturated rings. The Morgan fingerprint density at radius 1 is 1.71 bits per heavy atom. The summed E-state index contributed by atoms with van der Waals surface area (Å²) in [6, 6.07) is 2.36. The van der Waals surface area contributed by atoms with Crippen LogP contribution in [0.5, 0.6) is 0 Å². The molecule has 2 rings (SSSR count). The summed E-state index contributed by atoms with van der Waals surface area (Å²) in [5.74, 6) is 1.64. The molecule has 1 aromatic rings. The van der Waals surface area contributed by atoms with Gasteiger partial charge < -0.3 is 4.57 Å². The lowest BCUT2D eigenvalue weighted by atomic mass is 9.63. The standard InChI is InChI=1S/C10H14N4/c1-10(6-11)4-8(5-10)3-9-13-12-7-14(9)2/h7-8H,3-5H2,1-2H3. The molecule has 1 aliphatic rings. The Balaban J connectivity index is 1.92. The molecule has 0 aliphatic heterocycles. The molecule has 0 N–H and O–H groups in total. The number of hydrogen-bond donors (Lipinski definition) is 0. The van der Waals surface area contributed by atoms with Crippen molar-refractivity contribution in [2.45, 2.75) is 26.2 Å². The van der Waals surface area contributed by atoms with Gasteiger partial charge >= 0.3 is 0 Å². The predicted molar refractivity (Wildman–Crippen MR) is 51.2 cm³/mol. The Labute approximate surface area is 83.6 Å². The number of nitrogens with zero attached hydrogens (tertiary/aromatic N) is 4. The summed E-state index contributed by atoms with van der Waals surface area (Å²) >= 11 is 0. The molecule has 0 amide bonds. The molecule has 0 bridgehead atoms. The van der Waals surface area contributed by atoms with Crippen LogP contribution in [0.1, 0.15) is 25.6 Å². The van der Waals surface area contributed by atoms with E-state index in [1.54, 1.807) is 6.33 Å². The average Bonchev–Trinajstić information content (AvgIpc) is 2.49. The second-order valence-corrected chi connectivity index (χ2v) is 4.51. The highest BCUT2D eigenvalue weighted by Gasteiger charge is 2.40. The number of hydrogen-bond acceptors (Lipinski definition) is 3. The maximum Gasteiger partial charge on any atom is 0.132 e. The van der Waals surface area contributed by atoms with Crippen LogP contribution in [0.4, 0.5) is 0 Å². The van der Waals surface area contributed by atoms with E-state index in [2.05, 4.69) is 16.3 Å². The van der Waals surface area contributed by atoms with Gasteiger partial charge in [-0.25, -0.2) is 0 Å². The van der Waals surface area contributed by atoms with Crippen LogP contribution >= 0.6 is 0 Å². The Hall–Kier alpha value is -1.37. The highest BCUT2D eigenvalue weighted by Crippen LogP contribution is 2.45. The molecule has 4 nitrogen and oxygen atoms in total. The molecule has 74 valence electrons. The smallest absolute Gasteiger partial charge is 0.132 e. The quantitative estimate of drug-likeness (QED) is 0.706. The topological polar surface area (TPSA) is 54.5 Å². The zero-order chi connectivity index (χ0) is 10.2. The van der Waals surface area contributed by atoms with Crippen molar-refractivity contribution < 1.29 is 0 Å². The van der Waals surface area contributed by atoms with Crippen LogP contribution in [0.3, 0.4) is 0 Å². The van der Waals surface area contributed by atoms with Crippen molar-refractivity contribution in [1.82, 2.24) is 14.8 Å². The first-order valence-corrected chi connectivity index (χ1v) is 4.87. The molecule has 4 heteroatoms. The van der Waals surface area contributed by atoms with Crippen molar-refractivity contribution in [1.29, 1.82) is 5.26 Å². The summed E-state index contributed by atoms with van der Waals surface area (Å²) in [6.45, 7) is 2.03. The van der Waals surface area contributed by atoms with Crippen LogP contribution in [0.15, 0.2) is 6.33 Å². The Morgan fingerprint density at radius 2 is 2.43 bits per heavy atom. The van der Waals surface area contributed by atoms with Crippen molar-refractivity contribution in [3.63, 3.8) is 0 Å². The lowest BCUT2D eigenvalue weighted by molar-refractivity contribution is 0.135. The zero-order valence-corrected chi connectivity index (χ0v) is 8.56. The van der Waals surface area contributed by atoms with Gasteiger partial charge in [-0.15, -0.1) is 10.2 Å². The van der Waals surface area contributed by atoms with Gasteiger partial charge in [0.15, 0.2) is 0 Å². The number of rotatable bonds is 2. The molecular weight excluding hydrogens is 176 g/mol. The third-order valence-corrected chi connectivity index (χ3v) is 3.02. The first kappa shape index (κ1) is 9.20. The monoisotopic (exact) mass is 190 g/mol. The maximum atomic E-state index is 8.86. The molecule has 1 saturated carbocycles. The van der Waals surface area contributed by atoms with Gasteiger partial charge in [0, 0.05) is 13.5 Å². The molecule has 0 aromatic carbocycles. The molecule has 14 heavy (non-hydrogen) atoms. The normalized spacial score (nSPS) is 30.8. The largest absolute Gasteiger partial charge is 0.321 e. The van der Waals surface area contributed by atoms with Crippen molar-refractivity contribution >= 4 is 0 Å². The molecule has 1 aliphatic carbocycles. The van der Waals surface area contributed by atoms with Crippen LogP contribution in [0, 0.1) is 22.7 Å². The van der Waals surface area contributed by atoms with Crippen LogP contribution < -0.4 is 0 Å². The van der Waals surface area contributed by atoms with E-state index in [4.69, 9.17) is 5.26 Å². The van der Waals surface area contributed by atoms with Crippen molar-refractivity contribution in [3.05, 3.63) is 12.2 Å². The van der Waals surface area contributed by atoms with E-state index in [-0.39, 0.29) is 5.41 Å². The van der Waals surface area contributed by atoms with E-state index in [9.17, 15) is 0 Å². The van der Waals surface area contributed by atoms with E-state index in [1.807, 2.05) is 18.5 Å². The molecule has 1 heterocycles. The molecule has 0 radical (unpaired) electrons. The third kappa shape index (κ3) is 1.50. The maximum absolute atomic E-state index is 8.86. The van der Waals surface area contributed by atoms with Gasteiger partial charge in [-0.3, -0.25) is 0 Å². The first-order valence-electron chi connectivity index (χ1n) is 4.87. The molecule has 0 saturated heterocycles. The summed E-state index contributed by atoms with van der Waals surface area (Å²) in [6.07, 6.45) is 4.66. The third-order valence-electron chi connectivity index (χ3n) is 3.02. The lowest BCUT2D eigenvalue weighted by Gasteiger charge is -2.39. The highest BCUT2D eigenvalue weighted by molar-refractivity contribution is 5.07. The molecule has 0 atom stereocenters. The van der Waals surface area contributed by atoms with Crippen LogP contribution in [-0.4, -0.2) is 14.8 Å². The Morgan fingerprint density at radius 3 is 2.93 bits per heavy atom. The van der Waals surface area contributed by atoms with Gasteiger partial charge in [-0.05, 0) is 25.7 Å². The van der Waals surface area contributed by atoms with Gasteiger partial charge in [0.25, 0.3) is 0 Å². The summed E-state index contributed by atoms with van der Waals surface area (Å²) in [4.78, 5) is 0. The Bertz CT molecular complexity index is 368. The second kappa shape index (κ2) is 3.09. The van der Waals surface area contributed by atoms with E-state index in [1.165, 1.54) is 0 Å². The summed E-state index contributed by atoms with van der Waals surface area (Å²) in [7, 11) is 1.96. The minimum Gasteiger partial charge on any atom is -0.321 e. The van der Waals surface area contributed by atoms with E-state index >= 15 is 0 Å². The summed E-state index contributed by atoms with van der Waals surface area (Å²) in [5, 5.41) is 16.7. The minimum atomic E-state index is -0.0801. The van der Waals surface area contributed by atoms with E-state index < -0.39 is 0 Å². The second-order valence-electron chi connectivity index (χ2n) is 4.51. The van der Waals surface area contributed by atoms with Crippen molar-refractivity contribution in [2.24, 2.45) is 18.4 Å². The fraction of sp³-hybridized carbons (Fsp3) is 0.700. The fourth-order valence-corrected chi connectivity index (χ4v) is 2.20. The molecular formula is C10H14N4. The minimum absolute atomic E-state index is 0.0801. The number of aryl methyl sites for hydroxylation is 1. The van der Waals surface area contributed by atoms with E-state index in [0.29, 0.717) is 5.92 Å². The van der Waals surface area contributed by atoms with Gasteiger partial charge in [-0.2, -0.15) is 5.26 Å². The van der Waals surface area contributed by atoms with Crippen molar-refractivity contribution in [2.75, 3.05) is 0 Å². The summed E-state index contributed by atoms with van der Waals surface area (Å²) < 4.78 is 1.95. The van der Waals surface area contributed by atoms with Gasteiger partial charge in [0.05, 0.1) is 11.5 Å². The van der Waals surface area contributed by atoms with Crippen LogP contribution in [0.25, 0.3) is 0 Å². The summed E-state index contributed by atoms with van der Waals surface area (Å²) in [5.41, 5.74) is -0.0801. The lowest BCUT2D eigenvalue weighted by Crippen LogP contribution is -2.34. The SMILES string of the molecule is Cn1cnnc1CC1CC(C)(C#N)C1. The molecule has 0 spiro atoms. The highest BCUT2D eigenvalue weighted by atomic mass is 15.2. The van der Waals surface area contributed by atoms with Crippen LogP contribution in [-0.2, 0) is 13.5 Å². The zero-order valence-electron chi connectivity index (χ0n) is 8.56. The first-order chi connectivity index (χ1) is 6.63. The Kier molecular flexibility index (Phi) is 2.03. The molecule has 0 unspecified atom stereocenters. The van der Waals surface area contributed by atoms with E-state index in [0.717, 1.165) is 25.1 Å². The number of nitriles is 1. The predicted octanol–water partition coefficient (Wildman–Crippen LogP) is 1.30. The average molecular weight is 190 g/mol. The molecule has 1 aromatic heterocycles. The van der Waals surface area contributed by atoms with Crippen molar-refractivity contribution in [3.8, 4) is 6.07 Å². The van der Waals surface area contributed by atoms with Gasteiger partial charge in [0.2, 0.25) is 0 Å². The van der Waals surface area contributed by atoms with Crippen LogP contribution in [0.2, 0.25) is 0 Å². The fourth-order valence-electron chi connectivity index (χ4n) is 2.20. The van der Waals surface area contributed by atoms with Gasteiger partial charge in [0.1, 0.15) is 12.2 Å². The van der Waals surface area contributed by atoms with Gasteiger partial charge in [-0.1, -0.05) is 0 Å². The number of aromatic nitrogens is 3.